The van der Waals surface area contributed by atoms with Crippen LogP contribution >= 0.6 is 12.2 Å². The number of para-hydroxylation sites is 1. The molecule has 1 amide bonds. The highest BCUT2D eigenvalue weighted by molar-refractivity contribution is 7.80. The summed E-state index contributed by atoms with van der Waals surface area (Å²) < 4.78 is 13.6. The third kappa shape index (κ3) is 3.89. The lowest BCUT2D eigenvalue weighted by atomic mass is 10.2. The Morgan fingerprint density at radius 3 is 2.79 bits per heavy atom. The van der Waals surface area contributed by atoms with E-state index in [1.807, 2.05) is 24.3 Å². The first-order valence-corrected chi connectivity index (χ1v) is 8.23. The summed E-state index contributed by atoms with van der Waals surface area (Å²) in [5, 5.41) is 6.24. The van der Waals surface area contributed by atoms with Crippen molar-refractivity contribution in [1.82, 2.24) is 5.32 Å². The predicted octanol–water partition coefficient (Wildman–Crippen LogP) is 3.44. The van der Waals surface area contributed by atoms with Crippen molar-refractivity contribution in [2.45, 2.75) is 19.4 Å². The molecule has 2 aromatic rings. The fourth-order valence-electron chi connectivity index (χ4n) is 2.67. The lowest BCUT2D eigenvalue weighted by Crippen LogP contribution is -2.28. The lowest BCUT2D eigenvalue weighted by Gasteiger charge is -2.17. The molecule has 0 atom stereocenters. The number of thiocarbonyl (C=S) groups is 1. The van der Waals surface area contributed by atoms with Crippen LogP contribution < -0.4 is 15.5 Å². The van der Waals surface area contributed by atoms with Crippen molar-refractivity contribution in [3.05, 3.63) is 59.9 Å². The first-order chi connectivity index (χ1) is 11.6. The molecular formula is C18H18FN3OS. The van der Waals surface area contributed by atoms with Crippen molar-refractivity contribution in [3.63, 3.8) is 0 Å². The minimum atomic E-state index is -0.351. The number of nitrogens with one attached hydrogen (secondary N) is 2. The molecule has 0 aromatic heterocycles. The Kier molecular flexibility index (Phi) is 5.05. The highest BCUT2D eigenvalue weighted by atomic mass is 32.1. The second-order valence-corrected chi connectivity index (χ2v) is 6.01. The molecule has 1 heterocycles. The Balaban J connectivity index is 1.59. The summed E-state index contributed by atoms with van der Waals surface area (Å²) in [4.78, 5) is 13.6. The monoisotopic (exact) mass is 343 g/mol. The van der Waals surface area contributed by atoms with Gasteiger partial charge in [0, 0.05) is 25.2 Å². The highest BCUT2D eigenvalue weighted by Crippen LogP contribution is 2.22. The van der Waals surface area contributed by atoms with Crippen LogP contribution in [-0.4, -0.2) is 17.6 Å². The molecule has 2 aromatic carbocycles. The minimum absolute atomic E-state index is 0.164. The van der Waals surface area contributed by atoms with Crippen molar-refractivity contribution in [3.8, 4) is 0 Å². The number of hydrogen-bond donors (Lipinski definition) is 2. The number of benzene rings is 2. The van der Waals surface area contributed by atoms with Crippen LogP contribution in [0.3, 0.4) is 0 Å². The maximum Gasteiger partial charge on any atom is 0.227 e. The Hall–Kier alpha value is -2.47. The number of anilines is 2. The molecule has 1 fully saturated rings. The number of carbonyl (C=O) groups is 1. The number of halogens is 1. The summed E-state index contributed by atoms with van der Waals surface area (Å²) >= 11 is 5.20. The van der Waals surface area contributed by atoms with E-state index in [-0.39, 0.29) is 11.7 Å². The minimum Gasteiger partial charge on any atom is -0.358 e. The van der Waals surface area contributed by atoms with Crippen LogP contribution in [0.2, 0.25) is 0 Å². The maximum atomic E-state index is 13.6. The smallest absolute Gasteiger partial charge is 0.227 e. The average molecular weight is 343 g/mol. The van der Waals surface area contributed by atoms with Crippen LogP contribution in [0.5, 0.6) is 0 Å². The molecule has 0 aliphatic carbocycles. The van der Waals surface area contributed by atoms with E-state index in [1.54, 1.807) is 23.1 Å². The van der Waals surface area contributed by atoms with E-state index in [0.717, 1.165) is 24.2 Å². The van der Waals surface area contributed by atoms with Gasteiger partial charge in [0.15, 0.2) is 5.11 Å². The van der Waals surface area contributed by atoms with Gasteiger partial charge in [0.2, 0.25) is 5.91 Å². The molecule has 0 spiro atoms. The Bertz CT molecular complexity index is 765. The predicted molar refractivity (Wildman–Crippen MR) is 97.5 cm³/mol. The van der Waals surface area contributed by atoms with Gasteiger partial charge in [-0.15, -0.1) is 0 Å². The number of amides is 1. The zero-order chi connectivity index (χ0) is 16.9. The van der Waals surface area contributed by atoms with Crippen molar-refractivity contribution in [1.29, 1.82) is 0 Å². The first-order valence-electron chi connectivity index (χ1n) is 7.82. The number of hydrogen-bond acceptors (Lipinski definition) is 2. The second kappa shape index (κ2) is 7.40. The largest absolute Gasteiger partial charge is 0.358 e. The lowest BCUT2D eigenvalue weighted by molar-refractivity contribution is -0.117. The van der Waals surface area contributed by atoms with Gasteiger partial charge in [-0.3, -0.25) is 4.79 Å². The molecule has 3 rings (SSSR count). The molecule has 1 aliphatic rings. The Morgan fingerprint density at radius 1 is 1.21 bits per heavy atom. The van der Waals surface area contributed by atoms with E-state index in [4.69, 9.17) is 12.2 Å². The maximum absolute atomic E-state index is 13.6. The molecule has 0 radical (unpaired) electrons. The molecule has 24 heavy (non-hydrogen) atoms. The molecule has 1 saturated heterocycles. The van der Waals surface area contributed by atoms with E-state index in [1.165, 1.54) is 6.07 Å². The van der Waals surface area contributed by atoms with Gasteiger partial charge in [-0.2, -0.15) is 0 Å². The second-order valence-electron chi connectivity index (χ2n) is 5.61. The highest BCUT2D eigenvalue weighted by Gasteiger charge is 2.21. The number of nitrogens with zero attached hydrogens (tertiary/aromatic N) is 1. The van der Waals surface area contributed by atoms with Crippen LogP contribution in [0.15, 0.2) is 48.5 Å². The van der Waals surface area contributed by atoms with Gasteiger partial charge in [-0.05, 0) is 48.5 Å². The van der Waals surface area contributed by atoms with Gasteiger partial charge in [0.05, 0.1) is 5.69 Å². The molecule has 0 bridgehead atoms. The van der Waals surface area contributed by atoms with Crippen LogP contribution in [-0.2, 0) is 11.3 Å². The quantitative estimate of drug-likeness (QED) is 0.835. The molecule has 1 aliphatic heterocycles. The molecule has 6 heteroatoms. The van der Waals surface area contributed by atoms with Gasteiger partial charge in [-0.25, -0.2) is 4.39 Å². The third-order valence-corrected chi connectivity index (χ3v) is 4.12. The number of rotatable bonds is 4. The Morgan fingerprint density at radius 2 is 2.04 bits per heavy atom. The number of carbonyl (C=O) groups excluding carboxylic acids is 1. The van der Waals surface area contributed by atoms with Crippen molar-refractivity contribution in [2.24, 2.45) is 0 Å². The summed E-state index contributed by atoms with van der Waals surface area (Å²) in [5.74, 6) is -0.187. The van der Waals surface area contributed by atoms with Crippen LogP contribution in [0.25, 0.3) is 0 Å². The normalized spacial score (nSPS) is 13.9. The third-order valence-electron chi connectivity index (χ3n) is 3.87. The zero-order valence-corrected chi connectivity index (χ0v) is 13.9. The molecule has 4 nitrogen and oxygen atoms in total. The van der Waals surface area contributed by atoms with Crippen molar-refractivity contribution >= 4 is 34.6 Å². The van der Waals surface area contributed by atoms with E-state index >= 15 is 0 Å². The molecular weight excluding hydrogens is 325 g/mol. The van der Waals surface area contributed by atoms with E-state index < -0.39 is 0 Å². The summed E-state index contributed by atoms with van der Waals surface area (Å²) in [6.07, 6.45) is 1.51. The fourth-order valence-corrected chi connectivity index (χ4v) is 2.85. The van der Waals surface area contributed by atoms with Gasteiger partial charge < -0.3 is 15.5 Å². The molecule has 124 valence electrons. The Labute approximate surface area is 145 Å². The van der Waals surface area contributed by atoms with Crippen molar-refractivity contribution in [2.75, 3.05) is 16.8 Å². The summed E-state index contributed by atoms with van der Waals surface area (Å²) in [6, 6.07) is 14.2. The first kappa shape index (κ1) is 16.4. The standard InChI is InChI=1S/C18H18FN3OS/c19-15-7-1-2-8-16(15)21-18(24)20-12-13-5-3-6-14(11-13)22-10-4-9-17(22)23/h1-3,5-8,11H,4,9-10,12H2,(H2,20,21,24). The van der Waals surface area contributed by atoms with Crippen molar-refractivity contribution < 1.29 is 9.18 Å². The van der Waals surface area contributed by atoms with Crippen LogP contribution in [0.4, 0.5) is 15.8 Å². The summed E-state index contributed by atoms with van der Waals surface area (Å²) in [7, 11) is 0. The van der Waals surface area contributed by atoms with Gasteiger partial charge in [-0.1, -0.05) is 24.3 Å². The molecule has 0 saturated carbocycles. The van der Waals surface area contributed by atoms with E-state index in [0.29, 0.717) is 23.8 Å². The molecule has 2 N–H and O–H groups in total. The molecule has 0 unspecified atom stereocenters. The summed E-state index contributed by atoms with van der Waals surface area (Å²) in [6.45, 7) is 1.26. The topological polar surface area (TPSA) is 44.4 Å². The fraction of sp³-hybridized carbons (Fsp3) is 0.222. The van der Waals surface area contributed by atoms with Gasteiger partial charge in [0.25, 0.3) is 0 Å². The van der Waals surface area contributed by atoms with Gasteiger partial charge in [0.1, 0.15) is 5.82 Å². The van der Waals surface area contributed by atoms with Crippen LogP contribution in [0, 0.1) is 5.82 Å². The van der Waals surface area contributed by atoms with E-state index in [2.05, 4.69) is 10.6 Å². The zero-order valence-electron chi connectivity index (χ0n) is 13.1. The summed E-state index contributed by atoms with van der Waals surface area (Å²) in [5.41, 5.74) is 2.25. The van der Waals surface area contributed by atoms with Crippen LogP contribution in [0.1, 0.15) is 18.4 Å². The SMILES string of the molecule is O=C1CCCN1c1cccc(CNC(=S)Nc2ccccc2F)c1. The average Bonchev–Trinajstić information content (AvgIpc) is 3.01. The van der Waals surface area contributed by atoms with E-state index in [9.17, 15) is 9.18 Å². The van der Waals surface area contributed by atoms with Gasteiger partial charge >= 0.3 is 0 Å².